The molecular weight excluding hydrogens is 288 g/mol. The van der Waals surface area contributed by atoms with Crippen molar-refractivity contribution in [3.8, 4) is 5.75 Å². The lowest BCUT2D eigenvalue weighted by molar-refractivity contribution is 0.0696. The molecule has 4 heteroatoms. The molecule has 1 N–H and O–H groups in total. The number of carbonyl (C=O) groups is 1. The average molecular weight is 316 g/mol. The number of nitrogens with one attached hydrogen (secondary N) is 1. The van der Waals surface area contributed by atoms with E-state index in [9.17, 15) is 4.79 Å². The molecule has 2 aliphatic rings. The highest BCUT2D eigenvalue weighted by Crippen LogP contribution is 2.21. The van der Waals surface area contributed by atoms with E-state index in [0.717, 1.165) is 62.9 Å². The normalized spacial score (nSPS) is 22.8. The van der Waals surface area contributed by atoms with E-state index in [2.05, 4.69) is 12.2 Å². The molecule has 0 aromatic heterocycles. The largest absolute Gasteiger partial charge is 0.493 e. The number of benzene rings is 1. The molecular formula is C19H28N2O2. The summed E-state index contributed by atoms with van der Waals surface area (Å²) in [6, 6.07) is 7.67. The summed E-state index contributed by atoms with van der Waals surface area (Å²) in [5.41, 5.74) is 0.749. The number of rotatable bonds is 4. The lowest BCUT2D eigenvalue weighted by Gasteiger charge is -2.30. The van der Waals surface area contributed by atoms with Gasteiger partial charge in [0.15, 0.2) is 0 Å². The summed E-state index contributed by atoms with van der Waals surface area (Å²) in [5.74, 6) is 2.26. The fourth-order valence-electron chi connectivity index (χ4n) is 3.39. The van der Waals surface area contributed by atoms with Gasteiger partial charge in [0, 0.05) is 31.1 Å². The number of nitrogens with zero attached hydrogens (tertiary/aromatic N) is 1. The molecule has 1 aromatic rings. The minimum atomic E-state index is 0.140. The zero-order valence-electron chi connectivity index (χ0n) is 14.1. The number of piperidine rings is 2. The first-order valence-corrected chi connectivity index (χ1v) is 8.95. The Bertz CT molecular complexity index is 518. The van der Waals surface area contributed by atoms with Crippen LogP contribution in [-0.2, 0) is 0 Å². The number of hydrogen-bond acceptors (Lipinski definition) is 3. The molecule has 2 saturated heterocycles. The molecule has 1 atom stereocenters. The van der Waals surface area contributed by atoms with E-state index < -0.39 is 0 Å². The average Bonchev–Trinajstić information content (AvgIpc) is 2.61. The second kappa shape index (κ2) is 7.82. The third kappa shape index (κ3) is 4.47. The maximum Gasteiger partial charge on any atom is 0.253 e. The van der Waals surface area contributed by atoms with E-state index >= 15 is 0 Å². The SMILES string of the molecule is CC1CCN(C(=O)c2cccc(OCC3CCCNC3)c2)CC1. The van der Waals surface area contributed by atoms with Gasteiger partial charge in [0.25, 0.3) is 5.91 Å². The fraction of sp³-hybridized carbons (Fsp3) is 0.632. The van der Waals surface area contributed by atoms with Gasteiger partial charge in [-0.2, -0.15) is 0 Å². The van der Waals surface area contributed by atoms with Crippen molar-refractivity contribution in [3.63, 3.8) is 0 Å². The number of likely N-dealkylation sites (tertiary alicyclic amines) is 1. The van der Waals surface area contributed by atoms with Crippen molar-refractivity contribution in [1.29, 1.82) is 0 Å². The van der Waals surface area contributed by atoms with Crippen LogP contribution in [0.25, 0.3) is 0 Å². The molecule has 3 rings (SSSR count). The van der Waals surface area contributed by atoms with Crippen LogP contribution in [0.1, 0.15) is 43.0 Å². The predicted molar refractivity (Wildman–Crippen MR) is 91.8 cm³/mol. The molecule has 1 amide bonds. The third-order valence-corrected chi connectivity index (χ3v) is 5.04. The molecule has 0 radical (unpaired) electrons. The minimum absolute atomic E-state index is 0.140. The van der Waals surface area contributed by atoms with E-state index in [1.165, 1.54) is 12.8 Å². The van der Waals surface area contributed by atoms with Crippen molar-refractivity contribution in [2.24, 2.45) is 11.8 Å². The van der Waals surface area contributed by atoms with Gasteiger partial charge >= 0.3 is 0 Å². The van der Waals surface area contributed by atoms with Gasteiger partial charge in [0.05, 0.1) is 6.61 Å². The zero-order chi connectivity index (χ0) is 16.1. The maximum absolute atomic E-state index is 12.6. The predicted octanol–water partition coefficient (Wildman–Crippen LogP) is 2.94. The summed E-state index contributed by atoms with van der Waals surface area (Å²) in [4.78, 5) is 14.6. The van der Waals surface area contributed by atoms with Crippen molar-refractivity contribution >= 4 is 5.91 Å². The molecule has 2 aliphatic heterocycles. The van der Waals surface area contributed by atoms with Crippen LogP contribution < -0.4 is 10.1 Å². The van der Waals surface area contributed by atoms with Crippen LogP contribution in [0.15, 0.2) is 24.3 Å². The maximum atomic E-state index is 12.6. The lowest BCUT2D eigenvalue weighted by atomic mass is 9.98. The Hall–Kier alpha value is -1.55. The Kier molecular flexibility index (Phi) is 5.55. The highest BCUT2D eigenvalue weighted by Gasteiger charge is 2.21. The summed E-state index contributed by atoms with van der Waals surface area (Å²) in [5, 5.41) is 3.41. The van der Waals surface area contributed by atoms with Gasteiger partial charge < -0.3 is 15.0 Å². The van der Waals surface area contributed by atoms with Crippen molar-refractivity contribution in [3.05, 3.63) is 29.8 Å². The van der Waals surface area contributed by atoms with Crippen molar-refractivity contribution in [2.45, 2.75) is 32.6 Å². The van der Waals surface area contributed by atoms with Gasteiger partial charge in [-0.15, -0.1) is 0 Å². The van der Waals surface area contributed by atoms with Crippen LogP contribution in [0.2, 0.25) is 0 Å². The van der Waals surface area contributed by atoms with E-state index in [4.69, 9.17) is 4.74 Å². The Morgan fingerprint density at radius 3 is 2.87 bits per heavy atom. The molecule has 1 aromatic carbocycles. The van der Waals surface area contributed by atoms with E-state index in [0.29, 0.717) is 5.92 Å². The molecule has 1 unspecified atom stereocenters. The first kappa shape index (κ1) is 16.3. The van der Waals surface area contributed by atoms with Gasteiger partial charge in [-0.05, 0) is 56.3 Å². The van der Waals surface area contributed by atoms with Gasteiger partial charge in [0.2, 0.25) is 0 Å². The Morgan fingerprint density at radius 1 is 1.30 bits per heavy atom. The first-order chi connectivity index (χ1) is 11.2. The van der Waals surface area contributed by atoms with Gasteiger partial charge in [-0.25, -0.2) is 0 Å². The molecule has 0 bridgehead atoms. The quantitative estimate of drug-likeness (QED) is 0.928. The summed E-state index contributed by atoms with van der Waals surface area (Å²) < 4.78 is 5.93. The van der Waals surface area contributed by atoms with Gasteiger partial charge in [-0.1, -0.05) is 13.0 Å². The molecule has 23 heavy (non-hydrogen) atoms. The molecule has 126 valence electrons. The van der Waals surface area contributed by atoms with E-state index in [-0.39, 0.29) is 5.91 Å². The van der Waals surface area contributed by atoms with E-state index in [1.54, 1.807) is 0 Å². The van der Waals surface area contributed by atoms with Crippen LogP contribution >= 0.6 is 0 Å². The van der Waals surface area contributed by atoms with Gasteiger partial charge in [0.1, 0.15) is 5.75 Å². The van der Waals surface area contributed by atoms with Crippen molar-refractivity contribution < 1.29 is 9.53 Å². The smallest absolute Gasteiger partial charge is 0.253 e. The zero-order valence-corrected chi connectivity index (χ0v) is 14.1. The van der Waals surface area contributed by atoms with Crippen molar-refractivity contribution in [1.82, 2.24) is 10.2 Å². The Balaban J connectivity index is 1.57. The summed E-state index contributed by atoms with van der Waals surface area (Å²) in [6.45, 7) is 6.89. The van der Waals surface area contributed by atoms with Crippen LogP contribution in [-0.4, -0.2) is 43.6 Å². The minimum Gasteiger partial charge on any atom is -0.493 e. The summed E-state index contributed by atoms with van der Waals surface area (Å²) in [7, 11) is 0. The fourth-order valence-corrected chi connectivity index (χ4v) is 3.39. The highest BCUT2D eigenvalue weighted by molar-refractivity contribution is 5.94. The second-order valence-electron chi connectivity index (χ2n) is 7.03. The Morgan fingerprint density at radius 2 is 2.13 bits per heavy atom. The molecule has 0 aliphatic carbocycles. The molecule has 2 fully saturated rings. The van der Waals surface area contributed by atoms with Gasteiger partial charge in [-0.3, -0.25) is 4.79 Å². The molecule has 0 spiro atoms. The molecule has 4 nitrogen and oxygen atoms in total. The number of amides is 1. The second-order valence-corrected chi connectivity index (χ2v) is 7.03. The number of carbonyl (C=O) groups excluding carboxylic acids is 1. The third-order valence-electron chi connectivity index (χ3n) is 5.04. The van der Waals surface area contributed by atoms with Crippen LogP contribution in [0.3, 0.4) is 0 Å². The first-order valence-electron chi connectivity index (χ1n) is 8.95. The lowest BCUT2D eigenvalue weighted by Crippen LogP contribution is -2.37. The Labute approximate surface area is 139 Å². The molecule has 2 heterocycles. The topological polar surface area (TPSA) is 41.6 Å². The molecule has 0 saturated carbocycles. The van der Waals surface area contributed by atoms with Crippen LogP contribution in [0, 0.1) is 11.8 Å². The highest BCUT2D eigenvalue weighted by atomic mass is 16.5. The summed E-state index contributed by atoms with van der Waals surface area (Å²) >= 11 is 0. The summed E-state index contributed by atoms with van der Waals surface area (Å²) in [6.07, 6.45) is 4.66. The van der Waals surface area contributed by atoms with Crippen LogP contribution in [0.4, 0.5) is 0 Å². The van der Waals surface area contributed by atoms with Crippen molar-refractivity contribution in [2.75, 3.05) is 32.8 Å². The monoisotopic (exact) mass is 316 g/mol. The van der Waals surface area contributed by atoms with Crippen LogP contribution in [0.5, 0.6) is 5.75 Å². The number of ether oxygens (including phenoxy) is 1. The standard InChI is InChI=1S/C19H28N2O2/c1-15-7-10-21(11-8-15)19(22)17-5-2-6-18(12-17)23-14-16-4-3-9-20-13-16/h2,5-6,12,15-16,20H,3-4,7-11,13-14H2,1H3. The number of hydrogen-bond donors (Lipinski definition) is 1. The van der Waals surface area contributed by atoms with E-state index in [1.807, 2.05) is 29.2 Å².